The molecule has 106 heavy (non-hydrogen) atoms. The zero-order valence-corrected chi connectivity index (χ0v) is 61.4. The van der Waals surface area contributed by atoms with E-state index in [0.29, 0.717) is 91.1 Å². The SMILES string of the molecule is C.C.C.C.Cc1cc(C(=O)N2CCC(OC[C@H](O)CO)CC2)cc(C)c1/C=C/S(=O)(=O)N1CCC2(CC1)N=C(CCCCCCCCC(F)(F)F)NC2=O.Cc1cc(C(=O)O)cc(C)c1/C=C/S(=O)(=O)N1CCC2(CC1)N=C(CCCCCCCCC(F)(F)F)NC2=O.Cl.OC[C@@H](O)COC1CCNCC1. The van der Waals surface area contributed by atoms with Gasteiger partial charge in [-0.1, -0.05) is 81.1 Å². The van der Waals surface area contributed by atoms with Crippen molar-refractivity contribution in [1.29, 1.82) is 0 Å². The highest BCUT2D eigenvalue weighted by Crippen LogP contribution is 2.35. The number of sulfonamides is 2. The average molecular weight is 1580 g/mol. The quantitative estimate of drug-likeness (QED) is 0.0249. The molecule has 0 saturated carbocycles. The van der Waals surface area contributed by atoms with Crippen LogP contribution >= 0.6 is 12.4 Å². The molecule has 0 bridgehead atoms. The Morgan fingerprint density at radius 2 is 0.887 bits per heavy atom. The van der Waals surface area contributed by atoms with Crippen LogP contribution in [-0.2, 0) is 39.1 Å². The topological polar surface area (TPSA) is 327 Å². The number of benzene rings is 2. The van der Waals surface area contributed by atoms with Crippen LogP contribution in [0, 0.1) is 27.7 Å². The predicted molar refractivity (Wildman–Crippen MR) is 406 cm³/mol. The van der Waals surface area contributed by atoms with Crippen molar-refractivity contribution in [3.63, 3.8) is 0 Å². The Labute approximate surface area is 631 Å². The fourth-order valence-electron chi connectivity index (χ4n) is 13.1. The number of hydrogen-bond acceptors (Lipinski definition) is 17. The number of ether oxygens (including phenoxy) is 2. The van der Waals surface area contributed by atoms with Crippen molar-refractivity contribution >= 4 is 80.0 Å². The second-order valence-corrected chi connectivity index (χ2v) is 30.8. The maximum absolute atomic E-state index is 13.3. The van der Waals surface area contributed by atoms with Gasteiger partial charge in [0, 0.05) is 81.3 Å². The fourth-order valence-corrected chi connectivity index (χ4v) is 15.5. The number of carboxylic acid groups (broad SMARTS) is 1. The lowest BCUT2D eigenvalue weighted by Crippen LogP contribution is -2.50. The number of carbonyl (C=O) groups excluding carboxylic acids is 3. The minimum Gasteiger partial charge on any atom is -0.478 e. The van der Waals surface area contributed by atoms with Gasteiger partial charge in [0.2, 0.25) is 20.0 Å². The Balaban J connectivity index is 0.000000894. The molecule has 2 aromatic carbocycles. The van der Waals surface area contributed by atoms with E-state index in [2.05, 4.69) is 25.9 Å². The average Bonchev–Trinajstić information content (AvgIpc) is 1.58. The molecule has 2 atom stereocenters. The standard InChI is InChI=1S/C35H51F3N4O7S.C27H36F3N3O5S.C8H17NO3.4CH4.ClH/c1-25-21-27(32(45)41-16-10-29(11-17-41)49-24-28(44)23-43)22-26(2)30(25)12-20-50(47,48)42-18-14-34(15-19-42)33(46)39-31(40-34)9-7-5-3-4-6-8-13-35(36,37)38;1-19-17-21(24(34)35)18-20(2)22(19)10-16-39(37,38)33-14-12-26(13-15-33)25(36)31-23(32-26)9-7-5-3-4-6-8-11-27(28,29)30;10-5-7(11)6-12-8-1-3-9-4-2-8;;;;;/h12,20-22,28-29,43-44H,3-11,13-19,23-24H2,1-2H3,(H,39,40,46);10,16-18H,3-9,11-15H2,1-2H3,(H,34,35)(H,31,32,36);7-11H,1-6H2;4*1H4;1H/b20-12+;16-10+;;;;;;/t28-;;7-;;;;;/m1.1...../s1. The number of rotatable bonds is 32. The Hall–Kier alpha value is -5.45. The Morgan fingerprint density at radius 1 is 0.557 bits per heavy atom. The third-order valence-corrected chi connectivity index (χ3v) is 22.2. The molecule has 8 rings (SSSR count). The van der Waals surface area contributed by atoms with E-state index in [4.69, 9.17) is 24.8 Å². The first-order valence-corrected chi connectivity index (χ1v) is 38.3. The third-order valence-electron chi connectivity index (χ3n) is 19.1. The second-order valence-electron chi connectivity index (χ2n) is 27.2. The number of alkyl halides is 6. The van der Waals surface area contributed by atoms with Gasteiger partial charge in [-0.15, -0.1) is 12.4 Å². The number of carbonyl (C=O) groups is 4. The summed E-state index contributed by atoms with van der Waals surface area (Å²) in [5.74, 6) is -0.429. The van der Waals surface area contributed by atoms with E-state index in [-0.39, 0.29) is 169 Å². The number of aryl methyl sites for hydroxylation is 4. The number of amides is 3. The van der Waals surface area contributed by atoms with Gasteiger partial charge in [0.05, 0.1) is 44.2 Å². The molecule has 608 valence electrons. The van der Waals surface area contributed by atoms with Crippen molar-refractivity contribution in [2.45, 2.75) is 259 Å². The number of carboxylic acids is 1. The van der Waals surface area contributed by atoms with E-state index in [9.17, 15) is 72.6 Å². The van der Waals surface area contributed by atoms with Gasteiger partial charge < -0.3 is 55.9 Å². The van der Waals surface area contributed by atoms with E-state index >= 15 is 0 Å². The molecule has 4 fully saturated rings. The molecular weight excluding hydrogens is 1450 g/mol. The highest BCUT2D eigenvalue weighted by Gasteiger charge is 2.48. The lowest BCUT2D eigenvalue weighted by Gasteiger charge is -2.34. The molecule has 8 N–H and O–H groups in total. The number of aromatic carboxylic acids is 1. The Morgan fingerprint density at radius 3 is 1.23 bits per heavy atom. The van der Waals surface area contributed by atoms with Gasteiger partial charge in [0.15, 0.2) is 0 Å². The molecule has 4 saturated heterocycles. The number of amidine groups is 2. The molecule has 6 aliphatic rings. The van der Waals surface area contributed by atoms with Gasteiger partial charge in [0.1, 0.15) is 35.0 Å². The number of piperidine rings is 4. The lowest BCUT2D eigenvalue weighted by atomic mass is 9.89. The van der Waals surface area contributed by atoms with Crippen LogP contribution in [0.15, 0.2) is 45.1 Å². The summed E-state index contributed by atoms with van der Waals surface area (Å²) >= 11 is 0. The van der Waals surface area contributed by atoms with E-state index in [1.165, 1.54) is 32.2 Å². The molecule has 3 amide bonds. The number of aliphatic imine (C=N–C) groups is 2. The van der Waals surface area contributed by atoms with Gasteiger partial charge in [-0.25, -0.2) is 21.6 Å². The predicted octanol–water partition coefficient (Wildman–Crippen LogP) is 12.0. The molecular formula is C74H121ClF6N8O15S2. The van der Waals surface area contributed by atoms with Crippen LogP contribution < -0.4 is 16.0 Å². The first-order chi connectivity index (χ1) is 47.7. The smallest absolute Gasteiger partial charge is 0.389 e. The van der Waals surface area contributed by atoms with Crippen LogP contribution in [0.5, 0.6) is 0 Å². The van der Waals surface area contributed by atoms with Gasteiger partial charge >= 0.3 is 18.3 Å². The molecule has 6 heterocycles. The molecule has 0 aromatic heterocycles. The minimum atomic E-state index is -4.10. The highest BCUT2D eigenvalue weighted by molar-refractivity contribution is 7.92. The van der Waals surface area contributed by atoms with Crippen molar-refractivity contribution in [3.05, 3.63) is 79.6 Å². The van der Waals surface area contributed by atoms with Crippen LogP contribution in [0.2, 0.25) is 0 Å². The van der Waals surface area contributed by atoms with Gasteiger partial charge in [-0.3, -0.25) is 24.4 Å². The summed E-state index contributed by atoms with van der Waals surface area (Å²) in [4.78, 5) is 61.2. The zero-order chi connectivity index (χ0) is 74.2. The third kappa shape index (κ3) is 31.5. The normalized spacial score (nSPS) is 18.5. The van der Waals surface area contributed by atoms with Crippen LogP contribution in [-0.4, -0.2) is 218 Å². The molecule has 0 radical (unpaired) electrons. The first-order valence-electron chi connectivity index (χ1n) is 35.2. The summed E-state index contributed by atoms with van der Waals surface area (Å²) in [5, 5.41) is 56.4. The molecule has 0 unspecified atom stereocenters. The van der Waals surface area contributed by atoms with Crippen molar-refractivity contribution in [2.24, 2.45) is 9.98 Å². The zero-order valence-electron chi connectivity index (χ0n) is 58.9. The van der Waals surface area contributed by atoms with Gasteiger partial charge in [-0.2, -0.15) is 35.0 Å². The number of hydrogen-bond donors (Lipinski definition) is 8. The molecule has 32 heteroatoms. The van der Waals surface area contributed by atoms with Gasteiger partial charge in [-0.05, 0) is 188 Å². The van der Waals surface area contributed by atoms with E-state index < -0.39 is 74.5 Å². The maximum atomic E-state index is 13.3. The number of likely N-dealkylation sites (tertiary alicyclic amines) is 1. The van der Waals surface area contributed by atoms with Crippen molar-refractivity contribution in [2.75, 3.05) is 78.8 Å². The molecule has 0 aliphatic carbocycles. The van der Waals surface area contributed by atoms with Crippen LogP contribution in [0.25, 0.3) is 12.2 Å². The number of unbranched alkanes of at least 4 members (excludes halogenated alkanes) is 10. The Bertz CT molecular complexity index is 3380. The number of nitrogens with zero attached hydrogens (tertiary/aromatic N) is 5. The highest BCUT2D eigenvalue weighted by atomic mass is 35.5. The number of aliphatic hydroxyl groups is 4. The van der Waals surface area contributed by atoms with E-state index in [0.717, 1.165) is 93.8 Å². The van der Waals surface area contributed by atoms with E-state index in [1.54, 1.807) is 37.0 Å². The monoisotopic (exact) mass is 1570 g/mol. The summed E-state index contributed by atoms with van der Waals surface area (Å²) in [5.41, 5.74) is 2.89. The number of aliphatic hydroxyl groups excluding tert-OH is 4. The number of halogens is 7. The summed E-state index contributed by atoms with van der Waals surface area (Å²) in [6, 6.07) is 6.53. The van der Waals surface area contributed by atoms with Crippen molar-refractivity contribution in [3.8, 4) is 0 Å². The van der Waals surface area contributed by atoms with Crippen LogP contribution in [0.4, 0.5) is 26.3 Å². The Kier molecular flexibility index (Phi) is 43.0. The summed E-state index contributed by atoms with van der Waals surface area (Å²) in [7, 11) is -7.56. The molecule has 23 nitrogen and oxygen atoms in total. The molecule has 2 aromatic rings. The lowest BCUT2D eigenvalue weighted by molar-refractivity contribution is -0.136. The van der Waals surface area contributed by atoms with E-state index in [1.807, 2.05) is 13.8 Å². The van der Waals surface area contributed by atoms with Crippen LogP contribution in [0.1, 0.15) is 238 Å². The second kappa shape index (κ2) is 46.3. The summed E-state index contributed by atoms with van der Waals surface area (Å²) < 4.78 is 140. The van der Waals surface area contributed by atoms with Crippen molar-refractivity contribution < 1.29 is 97.4 Å². The number of nitrogens with one attached hydrogen (secondary N) is 3. The maximum Gasteiger partial charge on any atom is 0.389 e. The summed E-state index contributed by atoms with van der Waals surface area (Å²) in [6.07, 6.45) is 5.01. The van der Waals surface area contributed by atoms with Crippen molar-refractivity contribution in [1.82, 2.24) is 29.5 Å². The largest absolute Gasteiger partial charge is 0.478 e. The van der Waals surface area contributed by atoms with Gasteiger partial charge in [0.25, 0.3) is 17.7 Å². The first kappa shape index (κ1) is 98.6. The minimum absolute atomic E-state index is 0. The molecule has 2 spiro atoms. The van der Waals surface area contributed by atoms with Crippen LogP contribution in [0.3, 0.4) is 0 Å². The fraction of sp³-hybridized carbons (Fsp3) is 0.703. The summed E-state index contributed by atoms with van der Waals surface area (Å²) in [6.45, 7) is 10.4. The molecule has 6 aliphatic heterocycles.